The molecular formula is C25H23BrN3O3+. The first-order chi connectivity index (χ1) is 15.4. The molecule has 2 amide bonds. The van der Waals surface area contributed by atoms with Crippen LogP contribution in [0, 0.1) is 6.92 Å². The van der Waals surface area contributed by atoms with Gasteiger partial charge in [-0.1, -0.05) is 33.6 Å². The fourth-order valence-corrected chi connectivity index (χ4v) is 3.97. The predicted octanol–water partition coefficient (Wildman–Crippen LogP) is 3.78. The SMILES string of the molecule is COc1ccc([C@H]2[C@H](NC(=O)c3cccc(C)c3)C(=O)N/[N+]2=C\c2ccc(Br)cc2)cc1. The summed E-state index contributed by atoms with van der Waals surface area (Å²) in [6, 6.07) is 21.3. The molecule has 3 aromatic carbocycles. The smallest absolute Gasteiger partial charge is 0.304 e. The molecule has 1 aliphatic rings. The van der Waals surface area contributed by atoms with Crippen molar-refractivity contribution in [2.75, 3.05) is 7.11 Å². The molecule has 0 saturated carbocycles. The van der Waals surface area contributed by atoms with Crippen LogP contribution in [-0.4, -0.2) is 35.9 Å². The van der Waals surface area contributed by atoms with Gasteiger partial charge in [0, 0.05) is 21.2 Å². The minimum atomic E-state index is -0.775. The van der Waals surface area contributed by atoms with Crippen LogP contribution in [-0.2, 0) is 4.79 Å². The fraction of sp³-hybridized carbons (Fsp3) is 0.160. The van der Waals surface area contributed by atoms with Gasteiger partial charge in [0.2, 0.25) is 12.3 Å². The Hall–Kier alpha value is -3.45. The molecule has 0 radical (unpaired) electrons. The topological polar surface area (TPSA) is 70.4 Å². The van der Waals surface area contributed by atoms with E-state index >= 15 is 0 Å². The first-order valence-electron chi connectivity index (χ1n) is 10.2. The molecule has 2 atom stereocenters. The lowest BCUT2D eigenvalue weighted by Gasteiger charge is -2.15. The van der Waals surface area contributed by atoms with Gasteiger partial charge in [0.1, 0.15) is 5.75 Å². The van der Waals surface area contributed by atoms with E-state index in [9.17, 15) is 9.59 Å². The highest BCUT2D eigenvalue weighted by molar-refractivity contribution is 9.10. The lowest BCUT2D eigenvalue weighted by atomic mass is 9.99. The molecule has 6 nitrogen and oxygen atoms in total. The van der Waals surface area contributed by atoms with Crippen molar-refractivity contribution in [3.8, 4) is 5.75 Å². The molecule has 1 heterocycles. The zero-order chi connectivity index (χ0) is 22.7. The van der Waals surface area contributed by atoms with E-state index in [1.165, 1.54) is 0 Å². The quantitative estimate of drug-likeness (QED) is 0.532. The Morgan fingerprint density at radius 1 is 1.09 bits per heavy atom. The van der Waals surface area contributed by atoms with E-state index < -0.39 is 12.1 Å². The Labute approximate surface area is 195 Å². The molecule has 2 N–H and O–H groups in total. The number of halogens is 1. The third-order valence-electron chi connectivity index (χ3n) is 5.32. The van der Waals surface area contributed by atoms with Crippen molar-refractivity contribution in [1.82, 2.24) is 10.7 Å². The molecule has 32 heavy (non-hydrogen) atoms. The van der Waals surface area contributed by atoms with Crippen LogP contribution in [0.1, 0.15) is 33.1 Å². The maximum Gasteiger partial charge on any atom is 0.304 e. The number of amides is 2. The van der Waals surface area contributed by atoms with Crippen LogP contribution in [0.3, 0.4) is 0 Å². The van der Waals surface area contributed by atoms with E-state index in [4.69, 9.17) is 4.74 Å². The molecule has 0 bridgehead atoms. The minimum absolute atomic E-state index is 0.278. The predicted molar refractivity (Wildman–Crippen MR) is 126 cm³/mol. The highest BCUT2D eigenvalue weighted by Gasteiger charge is 2.47. The molecule has 3 aromatic rings. The number of carbonyl (C=O) groups is 2. The van der Waals surface area contributed by atoms with Crippen LogP contribution in [0.15, 0.2) is 77.3 Å². The molecule has 1 fully saturated rings. The van der Waals surface area contributed by atoms with E-state index in [0.29, 0.717) is 5.56 Å². The third-order valence-corrected chi connectivity index (χ3v) is 5.85. The van der Waals surface area contributed by atoms with Gasteiger partial charge in [-0.25, -0.2) is 0 Å². The van der Waals surface area contributed by atoms with E-state index in [1.807, 2.05) is 73.8 Å². The first-order valence-corrected chi connectivity index (χ1v) is 10.9. The second-order valence-electron chi connectivity index (χ2n) is 7.60. The maximum absolute atomic E-state index is 12.9. The summed E-state index contributed by atoms with van der Waals surface area (Å²) < 4.78 is 7.98. The van der Waals surface area contributed by atoms with Crippen LogP contribution < -0.4 is 15.5 Å². The Morgan fingerprint density at radius 3 is 2.47 bits per heavy atom. The highest BCUT2D eigenvalue weighted by atomic mass is 79.9. The monoisotopic (exact) mass is 492 g/mol. The molecule has 1 saturated heterocycles. The number of methoxy groups -OCH3 is 1. The average Bonchev–Trinajstić information content (AvgIpc) is 3.09. The Morgan fingerprint density at radius 2 is 1.81 bits per heavy atom. The largest absolute Gasteiger partial charge is 0.497 e. The number of hydrazone groups is 1. The third kappa shape index (κ3) is 4.73. The molecule has 4 rings (SSSR count). The second kappa shape index (κ2) is 9.36. The van der Waals surface area contributed by atoms with Gasteiger partial charge in [-0.3, -0.25) is 9.59 Å². The summed E-state index contributed by atoms with van der Waals surface area (Å²) in [7, 11) is 1.61. The number of aryl methyl sites for hydroxylation is 1. The Bertz CT molecular complexity index is 1170. The number of carbonyl (C=O) groups excluding carboxylic acids is 2. The van der Waals surface area contributed by atoms with Gasteiger partial charge in [-0.2, -0.15) is 0 Å². The van der Waals surface area contributed by atoms with E-state index in [1.54, 1.807) is 23.9 Å². The summed E-state index contributed by atoms with van der Waals surface area (Å²) in [6.07, 6.45) is 1.86. The molecule has 0 aliphatic carbocycles. The molecule has 162 valence electrons. The van der Waals surface area contributed by atoms with Crippen LogP contribution in [0.5, 0.6) is 5.75 Å². The minimum Gasteiger partial charge on any atom is -0.497 e. The normalized spacial score (nSPS) is 19.0. The lowest BCUT2D eigenvalue weighted by molar-refractivity contribution is -0.596. The molecule has 0 spiro atoms. The second-order valence-corrected chi connectivity index (χ2v) is 8.52. The fourth-order valence-electron chi connectivity index (χ4n) is 3.70. The Balaban J connectivity index is 1.70. The van der Waals surface area contributed by atoms with E-state index in [2.05, 4.69) is 26.7 Å². The number of nitrogens with zero attached hydrogens (tertiary/aromatic N) is 1. The van der Waals surface area contributed by atoms with Crippen molar-refractivity contribution >= 4 is 34.0 Å². The Kier molecular flexibility index (Phi) is 6.37. The first kappa shape index (κ1) is 21.8. The average molecular weight is 493 g/mol. The molecular weight excluding hydrogens is 470 g/mol. The van der Waals surface area contributed by atoms with E-state index in [0.717, 1.165) is 26.9 Å². The zero-order valence-electron chi connectivity index (χ0n) is 17.7. The van der Waals surface area contributed by atoms with Gasteiger partial charge in [-0.05, 0) is 67.6 Å². The van der Waals surface area contributed by atoms with Crippen molar-refractivity contribution in [2.45, 2.75) is 19.0 Å². The molecule has 0 aromatic heterocycles. The van der Waals surface area contributed by atoms with Crippen LogP contribution in [0.25, 0.3) is 0 Å². The van der Waals surface area contributed by atoms with E-state index in [-0.39, 0.29) is 11.8 Å². The van der Waals surface area contributed by atoms with Crippen molar-refractivity contribution in [3.05, 3.63) is 99.5 Å². The number of hydrogen-bond donors (Lipinski definition) is 2. The van der Waals surface area contributed by atoms with Crippen LogP contribution >= 0.6 is 15.9 Å². The van der Waals surface area contributed by atoms with Crippen LogP contribution in [0.2, 0.25) is 0 Å². The molecule has 0 unspecified atom stereocenters. The number of benzene rings is 3. The van der Waals surface area contributed by atoms with Crippen molar-refractivity contribution < 1.29 is 19.0 Å². The van der Waals surface area contributed by atoms with Gasteiger partial charge in [0.25, 0.3) is 5.91 Å². The van der Waals surface area contributed by atoms with Crippen molar-refractivity contribution in [1.29, 1.82) is 0 Å². The summed E-state index contributed by atoms with van der Waals surface area (Å²) in [5, 5.41) is 2.92. The number of hydrazine groups is 1. The van der Waals surface area contributed by atoms with Crippen molar-refractivity contribution in [2.24, 2.45) is 0 Å². The number of rotatable bonds is 5. The highest BCUT2D eigenvalue weighted by Crippen LogP contribution is 2.27. The number of hydrogen-bond acceptors (Lipinski definition) is 3. The standard InChI is InChI=1S/C25H22BrN3O3/c1-16-4-3-5-19(14-16)24(30)27-22-23(18-8-12-21(32-2)13-9-18)29(28-25(22)31)15-17-6-10-20(26)11-7-17/h3-15,22-23H,1-2H3,(H-,27,28,30,31)/p+1/b29-15-/t22-,23-/m0/s1. The number of nitrogens with one attached hydrogen (secondary N) is 2. The summed E-state index contributed by atoms with van der Waals surface area (Å²) >= 11 is 3.44. The van der Waals surface area contributed by atoms with Gasteiger partial charge in [0.05, 0.1) is 7.11 Å². The summed E-state index contributed by atoms with van der Waals surface area (Å²) in [5.41, 5.74) is 6.17. The van der Waals surface area contributed by atoms with Crippen LogP contribution in [0.4, 0.5) is 0 Å². The maximum atomic E-state index is 12.9. The van der Waals surface area contributed by atoms with Gasteiger partial charge in [-0.15, -0.1) is 10.1 Å². The zero-order valence-corrected chi connectivity index (χ0v) is 19.3. The summed E-state index contributed by atoms with van der Waals surface area (Å²) in [6.45, 7) is 1.92. The molecule has 1 aliphatic heterocycles. The van der Waals surface area contributed by atoms with Gasteiger partial charge < -0.3 is 10.1 Å². The lowest BCUT2D eigenvalue weighted by Crippen LogP contribution is -2.42. The van der Waals surface area contributed by atoms with Gasteiger partial charge >= 0.3 is 5.91 Å². The van der Waals surface area contributed by atoms with Crippen molar-refractivity contribution in [3.63, 3.8) is 0 Å². The van der Waals surface area contributed by atoms with Gasteiger partial charge in [0.15, 0.2) is 6.04 Å². The summed E-state index contributed by atoms with van der Waals surface area (Å²) in [5.74, 6) is 0.146. The number of ether oxygens (including phenoxy) is 1. The molecule has 7 heteroatoms. The summed E-state index contributed by atoms with van der Waals surface area (Å²) in [4.78, 5) is 25.9.